The summed E-state index contributed by atoms with van der Waals surface area (Å²) < 4.78 is 9.43. The molecule has 3 heterocycles. The van der Waals surface area contributed by atoms with Gasteiger partial charge >= 0.3 is 0 Å². The van der Waals surface area contributed by atoms with Crippen molar-refractivity contribution in [1.29, 1.82) is 0 Å². The van der Waals surface area contributed by atoms with Crippen molar-refractivity contribution in [2.45, 2.75) is 19.9 Å². The van der Waals surface area contributed by atoms with Crippen molar-refractivity contribution in [3.63, 3.8) is 0 Å². The van der Waals surface area contributed by atoms with E-state index >= 15 is 0 Å². The van der Waals surface area contributed by atoms with Gasteiger partial charge < -0.3 is 14.6 Å². The van der Waals surface area contributed by atoms with Crippen LogP contribution in [0.25, 0.3) is 5.82 Å². The lowest BCUT2D eigenvalue weighted by Gasteiger charge is -2.15. The molecule has 25 heavy (non-hydrogen) atoms. The molecule has 0 bridgehead atoms. The number of fused-ring (bicyclic) bond motifs is 1. The highest BCUT2D eigenvalue weighted by atomic mass is 16.5. The molecule has 6 nitrogen and oxygen atoms in total. The molecule has 1 aliphatic rings. The fourth-order valence-electron chi connectivity index (χ4n) is 3.38. The Labute approximate surface area is 146 Å². The first-order valence-electron chi connectivity index (χ1n) is 8.26. The first-order chi connectivity index (χ1) is 12.1. The number of nitrogens with one attached hydrogen (secondary N) is 1. The first kappa shape index (κ1) is 15.5. The number of amides is 1. The first-order valence-corrected chi connectivity index (χ1v) is 8.26. The van der Waals surface area contributed by atoms with E-state index in [1.54, 1.807) is 10.9 Å². The Balaban J connectivity index is 1.67. The quantitative estimate of drug-likeness (QED) is 0.800. The third kappa shape index (κ3) is 2.50. The Morgan fingerprint density at radius 3 is 2.68 bits per heavy atom. The number of benzene rings is 1. The zero-order valence-corrected chi connectivity index (χ0v) is 14.5. The molecule has 1 unspecified atom stereocenters. The van der Waals surface area contributed by atoms with Crippen LogP contribution in [-0.4, -0.2) is 26.9 Å². The second kappa shape index (κ2) is 5.81. The standard InChI is InChI=1S/C19H20N4O2/c1-12-8-9-13(2)23(12)19-15(10-20-22(19)3)18(24)21-16-11-25-17-7-5-4-6-14(16)17/h4-10,16H,11H2,1-3H3,(H,21,24). The molecule has 0 radical (unpaired) electrons. The van der Waals surface area contributed by atoms with Crippen molar-refractivity contribution >= 4 is 5.91 Å². The van der Waals surface area contributed by atoms with Crippen LogP contribution in [0.15, 0.2) is 42.6 Å². The number of nitrogens with zero attached hydrogens (tertiary/aromatic N) is 3. The number of para-hydroxylation sites is 1. The second-order valence-corrected chi connectivity index (χ2v) is 6.33. The molecular formula is C19H20N4O2. The predicted octanol–water partition coefficient (Wildman–Crippen LogP) is 2.69. The third-order valence-electron chi connectivity index (χ3n) is 4.64. The van der Waals surface area contributed by atoms with Crippen molar-refractivity contribution in [2.24, 2.45) is 7.05 Å². The Kier molecular flexibility index (Phi) is 3.60. The maximum Gasteiger partial charge on any atom is 0.257 e. The summed E-state index contributed by atoms with van der Waals surface area (Å²) in [6.45, 7) is 4.48. The fraction of sp³-hybridized carbons (Fsp3) is 0.263. The van der Waals surface area contributed by atoms with E-state index in [0.717, 1.165) is 28.5 Å². The van der Waals surface area contributed by atoms with Gasteiger partial charge in [-0.15, -0.1) is 0 Å². The Bertz CT molecular complexity index is 935. The van der Waals surface area contributed by atoms with Crippen LogP contribution in [0.5, 0.6) is 5.75 Å². The van der Waals surface area contributed by atoms with Gasteiger partial charge in [-0.2, -0.15) is 5.10 Å². The molecule has 0 spiro atoms. The van der Waals surface area contributed by atoms with Gasteiger partial charge in [-0.05, 0) is 32.0 Å². The summed E-state index contributed by atoms with van der Waals surface area (Å²) in [7, 11) is 1.85. The second-order valence-electron chi connectivity index (χ2n) is 6.33. The third-order valence-corrected chi connectivity index (χ3v) is 4.64. The summed E-state index contributed by atoms with van der Waals surface area (Å²) in [4.78, 5) is 12.9. The number of hydrogen-bond acceptors (Lipinski definition) is 3. The number of aryl methyl sites for hydroxylation is 3. The molecule has 1 amide bonds. The zero-order chi connectivity index (χ0) is 17.6. The number of ether oxygens (including phenoxy) is 1. The molecule has 0 saturated carbocycles. The highest BCUT2D eigenvalue weighted by Gasteiger charge is 2.27. The van der Waals surface area contributed by atoms with Crippen molar-refractivity contribution in [3.8, 4) is 11.6 Å². The van der Waals surface area contributed by atoms with Gasteiger partial charge in [-0.3, -0.25) is 9.48 Å². The molecule has 0 aliphatic carbocycles. The fourth-order valence-corrected chi connectivity index (χ4v) is 3.38. The molecular weight excluding hydrogens is 316 g/mol. The summed E-state index contributed by atoms with van der Waals surface area (Å²) in [6.07, 6.45) is 1.62. The lowest BCUT2D eigenvalue weighted by molar-refractivity contribution is 0.0930. The molecule has 128 valence electrons. The van der Waals surface area contributed by atoms with E-state index in [0.29, 0.717) is 12.2 Å². The zero-order valence-electron chi connectivity index (χ0n) is 14.5. The van der Waals surface area contributed by atoms with Crippen LogP contribution in [0.4, 0.5) is 0 Å². The summed E-state index contributed by atoms with van der Waals surface area (Å²) >= 11 is 0. The van der Waals surface area contributed by atoms with Gasteiger partial charge in [-0.1, -0.05) is 18.2 Å². The lowest BCUT2D eigenvalue weighted by Crippen LogP contribution is -2.30. The van der Waals surface area contributed by atoms with Crippen molar-refractivity contribution in [2.75, 3.05) is 6.61 Å². The highest BCUT2D eigenvalue weighted by Crippen LogP contribution is 2.32. The molecule has 1 N–H and O–H groups in total. The van der Waals surface area contributed by atoms with E-state index < -0.39 is 0 Å². The highest BCUT2D eigenvalue weighted by molar-refractivity contribution is 5.97. The normalized spacial score (nSPS) is 15.7. The maximum atomic E-state index is 12.9. The van der Waals surface area contributed by atoms with Crippen LogP contribution >= 0.6 is 0 Å². The van der Waals surface area contributed by atoms with Gasteiger partial charge in [-0.25, -0.2) is 0 Å². The number of carbonyl (C=O) groups is 1. The van der Waals surface area contributed by atoms with E-state index in [2.05, 4.69) is 10.4 Å². The van der Waals surface area contributed by atoms with Gasteiger partial charge in [0, 0.05) is 24.0 Å². The van der Waals surface area contributed by atoms with Crippen LogP contribution < -0.4 is 10.1 Å². The number of carbonyl (C=O) groups excluding carboxylic acids is 1. The van der Waals surface area contributed by atoms with Crippen molar-refractivity contribution in [3.05, 3.63) is 65.1 Å². The average Bonchev–Trinajstić information content (AvgIpc) is 3.26. The van der Waals surface area contributed by atoms with E-state index in [1.165, 1.54) is 0 Å². The van der Waals surface area contributed by atoms with E-state index in [9.17, 15) is 4.79 Å². The molecule has 0 saturated heterocycles. The largest absolute Gasteiger partial charge is 0.491 e. The van der Waals surface area contributed by atoms with Gasteiger partial charge in [0.05, 0.1) is 12.2 Å². The van der Waals surface area contributed by atoms with Crippen LogP contribution in [0.3, 0.4) is 0 Å². The summed E-state index contributed by atoms with van der Waals surface area (Å²) in [5.74, 6) is 1.45. The Morgan fingerprint density at radius 2 is 1.92 bits per heavy atom. The smallest absolute Gasteiger partial charge is 0.257 e. The van der Waals surface area contributed by atoms with Crippen LogP contribution in [0.1, 0.15) is 33.4 Å². The summed E-state index contributed by atoms with van der Waals surface area (Å²) in [6, 6.07) is 11.7. The van der Waals surface area contributed by atoms with Crippen LogP contribution in [-0.2, 0) is 7.05 Å². The number of hydrogen-bond donors (Lipinski definition) is 1. The predicted molar refractivity (Wildman–Crippen MR) is 94.2 cm³/mol. The van der Waals surface area contributed by atoms with E-state index in [1.807, 2.05) is 61.9 Å². The van der Waals surface area contributed by atoms with E-state index in [4.69, 9.17) is 4.74 Å². The molecule has 6 heteroatoms. The van der Waals surface area contributed by atoms with Crippen molar-refractivity contribution in [1.82, 2.24) is 19.7 Å². The number of rotatable bonds is 3. The molecule has 1 atom stereocenters. The Hall–Kier alpha value is -3.02. The summed E-state index contributed by atoms with van der Waals surface area (Å²) in [5.41, 5.74) is 3.68. The van der Waals surface area contributed by atoms with Crippen LogP contribution in [0, 0.1) is 13.8 Å². The molecule has 3 aromatic rings. The monoisotopic (exact) mass is 336 g/mol. The molecule has 4 rings (SSSR count). The van der Waals surface area contributed by atoms with Crippen LogP contribution in [0.2, 0.25) is 0 Å². The molecule has 1 aromatic carbocycles. The maximum absolute atomic E-state index is 12.9. The minimum atomic E-state index is -0.152. The average molecular weight is 336 g/mol. The van der Waals surface area contributed by atoms with Gasteiger partial charge in [0.25, 0.3) is 5.91 Å². The number of aromatic nitrogens is 3. The molecule has 0 fully saturated rings. The SMILES string of the molecule is Cc1ccc(C)n1-c1c(C(=O)NC2COc3ccccc32)cnn1C. The van der Waals surface area contributed by atoms with Gasteiger partial charge in [0.15, 0.2) is 0 Å². The topological polar surface area (TPSA) is 61.1 Å². The minimum absolute atomic E-state index is 0.149. The molecule has 1 aliphatic heterocycles. The van der Waals surface area contributed by atoms with Gasteiger partial charge in [0.2, 0.25) is 0 Å². The minimum Gasteiger partial charge on any atom is -0.491 e. The van der Waals surface area contributed by atoms with Crippen molar-refractivity contribution < 1.29 is 9.53 Å². The molecule has 2 aromatic heterocycles. The van der Waals surface area contributed by atoms with Gasteiger partial charge in [0.1, 0.15) is 23.7 Å². The Morgan fingerprint density at radius 1 is 1.20 bits per heavy atom. The summed E-state index contributed by atoms with van der Waals surface area (Å²) in [5, 5.41) is 7.37. The van der Waals surface area contributed by atoms with E-state index in [-0.39, 0.29) is 11.9 Å². The lowest BCUT2D eigenvalue weighted by atomic mass is 10.1.